The van der Waals surface area contributed by atoms with E-state index in [-0.39, 0.29) is 5.91 Å². The van der Waals surface area contributed by atoms with E-state index in [1.54, 1.807) is 0 Å². The lowest BCUT2D eigenvalue weighted by molar-refractivity contribution is 0.0947. The lowest BCUT2D eigenvalue weighted by Crippen LogP contribution is -2.36. The van der Waals surface area contributed by atoms with Gasteiger partial charge in [-0.15, -0.1) is 0 Å². The molecule has 2 aromatic carbocycles. The molecule has 0 aliphatic carbocycles. The number of aromatic amines is 1. The van der Waals surface area contributed by atoms with Gasteiger partial charge in [-0.1, -0.05) is 30.3 Å². The van der Waals surface area contributed by atoms with Crippen LogP contribution in [0.15, 0.2) is 48.7 Å². The van der Waals surface area contributed by atoms with Crippen LogP contribution in [0.4, 0.5) is 5.69 Å². The van der Waals surface area contributed by atoms with Crippen LogP contribution in [0.25, 0.3) is 33.8 Å². The van der Waals surface area contributed by atoms with Crippen molar-refractivity contribution in [3.8, 4) is 0 Å². The quantitative estimate of drug-likeness (QED) is 0.521. The van der Waals surface area contributed by atoms with E-state index in [0.717, 1.165) is 76.9 Å². The number of benzene rings is 2. The topological polar surface area (TPSA) is 70.2 Å². The van der Waals surface area contributed by atoms with E-state index in [2.05, 4.69) is 56.6 Å². The summed E-state index contributed by atoms with van der Waals surface area (Å²) in [6.45, 7) is 4.08. The summed E-state index contributed by atoms with van der Waals surface area (Å²) in [7, 11) is 0. The minimum absolute atomic E-state index is 0.00572. The molecule has 4 aromatic rings. The van der Waals surface area contributed by atoms with E-state index in [9.17, 15) is 4.79 Å². The molecule has 2 N–H and O–H groups in total. The standard InChI is InChI=1S/C26H24N4O2/c31-26-24-21-7-5-18-16-28-19(15-22(18)25(21)29-23(24)8-9-27-26)6-4-17-2-1-3-20(14-17)30-10-12-32-13-11-30/h1-7,14-16,29H,8-13H2,(H,27,31)/b6-4+. The SMILES string of the molecule is O=C1NCCc2[nH]c3c(ccc4cnc(/C=C/c5cccc(N6CCOCC6)c5)cc43)c21. The molecule has 0 unspecified atom stereocenters. The Morgan fingerprint density at radius 1 is 1.03 bits per heavy atom. The van der Waals surface area contributed by atoms with Crippen LogP contribution in [-0.2, 0) is 11.2 Å². The molecular formula is C26H24N4O2. The zero-order valence-electron chi connectivity index (χ0n) is 17.7. The van der Waals surface area contributed by atoms with Gasteiger partial charge in [0.1, 0.15) is 0 Å². The molecule has 0 saturated carbocycles. The normalized spacial score (nSPS) is 16.6. The van der Waals surface area contributed by atoms with Gasteiger partial charge in [-0.2, -0.15) is 0 Å². The Bertz CT molecular complexity index is 1370. The third-order valence-corrected chi connectivity index (χ3v) is 6.35. The molecule has 0 radical (unpaired) electrons. The molecule has 1 saturated heterocycles. The van der Waals surface area contributed by atoms with Crippen molar-refractivity contribution in [1.29, 1.82) is 0 Å². The van der Waals surface area contributed by atoms with Crippen molar-refractivity contribution >= 4 is 45.4 Å². The summed E-state index contributed by atoms with van der Waals surface area (Å²) in [6.07, 6.45) is 6.88. The number of aromatic nitrogens is 2. The maximum absolute atomic E-state index is 12.4. The summed E-state index contributed by atoms with van der Waals surface area (Å²) in [5.41, 5.74) is 6.06. The van der Waals surface area contributed by atoms with Crippen molar-refractivity contribution in [2.24, 2.45) is 0 Å². The number of pyridine rings is 1. The summed E-state index contributed by atoms with van der Waals surface area (Å²) in [5, 5.41) is 6.07. The number of hydrogen-bond acceptors (Lipinski definition) is 4. The van der Waals surface area contributed by atoms with Crippen LogP contribution in [0, 0.1) is 0 Å². The molecule has 32 heavy (non-hydrogen) atoms. The molecule has 1 amide bonds. The Morgan fingerprint density at radius 3 is 2.84 bits per heavy atom. The number of nitrogens with one attached hydrogen (secondary N) is 2. The third-order valence-electron chi connectivity index (χ3n) is 6.35. The molecule has 2 aliphatic heterocycles. The maximum Gasteiger partial charge on any atom is 0.253 e. The summed E-state index contributed by atoms with van der Waals surface area (Å²) in [6, 6.07) is 14.7. The van der Waals surface area contributed by atoms with Gasteiger partial charge in [0.15, 0.2) is 0 Å². The van der Waals surface area contributed by atoms with E-state index < -0.39 is 0 Å². The Hall–Kier alpha value is -3.64. The average Bonchev–Trinajstić information content (AvgIpc) is 3.24. The van der Waals surface area contributed by atoms with E-state index >= 15 is 0 Å². The number of rotatable bonds is 3. The first-order valence-electron chi connectivity index (χ1n) is 11.1. The molecule has 4 heterocycles. The predicted molar refractivity (Wildman–Crippen MR) is 128 cm³/mol. The molecule has 160 valence electrons. The van der Waals surface area contributed by atoms with Gasteiger partial charge in [-0.05, 0) is 29.8 Å². The van der Waals surface area contributed by atoms with Crippen LogP contribution in [-0.4, -0.2) is 48.7 Å². The Kier molecular flexibility index (Phi) is 4.65. The lowest BCUT2D eigenvalue weighted by Gasteiger charge is -2.29. The number of carbonyl (C=O) groups is 1. The predicted octanol–water partition coefficient (Wildman–Crippen LogP) is 4.01. The highest BCUT2D eigenvalue weighted by Crippen LogP contribution is 2.31. The fourth-order valence-electron chi connectivity index (χ4n) is 4.71. The first kappa shape index (κ1) is 19.1. The zero-order valence-corrected chi connectivity index (χ0v) is 17.7. The summed E-state index contributed by atoms with van der Waals surface area (Å²) in [4.78, 5) is 22.9. The van der Waals surface area contributed by atoms with Crippen molar-refractivity contribution in [3.05, 3.63) is 71.2 Å². The Balaban J connectivity index is 1.35. The monoisotopic (exact) mass is 424 g/mol. The zero-order chi connectivity index (χ0) is 21.5. The summed E-state index contributed by atoms with van der Waals surface area (Å²) < 4.78 is 5.47. The minimum atomic E-state index is 0.00572. The number of hydrogen-bond donors (Lipinski definition) is 2. The van der Waals surface area contributed by atoms with Crippen LogP contribution in [0.3, 0.4) is 0 Å². The fraction of sp³-hybridized carbons (Fsp3) is 0.231. The van der Waals surface area contributed by atoms with E-state index in [4.69, 9.17) is 4.74 Å². The molecule has 0 bridgehead atoms. The molecule has 6 heteroatoms. The number of fused-ring (bicyclic) bond motifs is 5. The molecule has 6 rings (SSSR count). The van der Waals surface area contributed by atoms with Crippen molar-refractivity contribution in [2.75, 3.05) is 37.7 Å². The number of morpholine rings is 1. The van der Waals surface area contributed by atoms with Gasteiger partial charge < -0.3 is 19.9 Å². The van der Waals surface area contributed by atoms with Crippen LogP contribution in [0.1, 0.15) is 27.3 Å². The van der Waals surface area contributed by atoms with Crippen LogP contribution in [0.2, 0.25) is 0 Å². The second kappa shape index (κ2) is 7.80. The van der Waals surface area contributed by atoms with Gasteiger partial charge in [-0.3, -0.25) is 9.78 Å². The first-order valence-corrected chi connectivity index (χ1v) is 11.1. The molecule has 6 nitrogen and oxygen atoms in total. The van der Waals surface area contributed by atoms with Gasteiger partial charge in [0.05, 0.1) is 30.0 Å². The lowest BCUT2D eigenvalue weighted by atomic mass is 10.0. The number of H-pyrrole nitrogens is 1. The number of anilines is 1. The van der Waals surface area contributed by atoms with E-state index in [1.165, 1.54) is 5.69 Å². The van der Waals surface area contributed by atoms with Crippen molar-refractivity contribution in [1.82, 2.24) is 15.3 Å². The molecular weight excluding hydrogens is 400 g/mol. The Morgan fingerprint density at radius 2 is 1.94 bits per heavy atom. The van der Waals surface area contributed by atoms with Crippen LogP contribution in [0.5, 0.6) is 0 Å². The van der Waals surface area contributed by atoms with Gasteiger partial charge >= 0.3 is 0 Å². The highest BCUT2D eigenvalue weighted by molar-refractivity contribution is 6.15. The average molecular weight is 425 g/mol. The second-order valence-electron chi connectivity index (χ2n) is 8.33. The maximum atomic E-state index is 12.4. The third kappa shape index (κ3) is 3.33. The van der Waals surface area contributed by atoms with E-state index in [1.807, 2.05) is 24.4 Å². The van der Waals surface area contributed by atoms with Crippen molar-refractivity contribution in [2.45, 2.75) is 6.42 Å². The van der Waals surface area contributed by atoms with Crippen molar-refractivity contribution < 1.29 is 9.53 Å². The number of nitrogens with zero attached hydrogens (tertiary/aromatic N) is 2. The van der Waals surface area contributed by atoms with Gasteiger partial charge in [0.25, 0.3) is 5.91 Å². The largest absolute Gasteiger partial charge is 0.378 e. The number of ether oxygens (including phenoxy) is 1. The molecule has 2 aromatic heterocycles. The van der Waals surface area contributed by atoms with Crippen LogP contribution < -0.4 is 10.2 Å². The molecule has 1 fully saturated rings. The summed E-state index contributed by atoms with van der Waals surface area (Å²) >= 11 is 0. The molecule has 0 atom stereocenters. The number of carbonyl (C=O) groups excluding carboxylic acids is 1. The first-order chi connectivity index (χ1) is 15.8. The molecule has 0 spiro atoms. The van der Waals surface area contributed by atoms with Gasteiger partial charge in [0.2, 0.25) is 0 Å². The molecule has 2 aliphatic rings. The highest BCUT2D eigenvalue weighted by Gasteiger charge is 2.22. The number of amides is 1. The van der Waals surface area contributed by atoms with Crippen molar-refractivity contribution in [3.63, 3.8) is 0 Å². The van der Waals surface area contributed by atoms with Gasteiger partial charge in [-0.25, -0.2) is 0 Å². The Labute approximate surface area is 185 Å². The fourth-order valence-corrected chi connectivity index (χ4v) is 4.71. The second-order valence-corrected chi connectivity index (χ2v) is 8.33. The van der Waals surface area contributed by atoms with Crippen LogP contribution >= 0.6 is 0 Å². The van der Waals surface area contributed by atoms with Gasteiger partial charge in [0, 0.05) is 59.8 Å². The van der Waals surface area contributed by atoms with E-state index in [0.29, 0.717) is 6.54 Å². The smallest absolute Gasteiger partial charge is 0.253 e. The minimum Gasteiger partial charge on any atom is -0.378 e. The summed E-state index contributed by atoms with van der Waals surface area (Å²) in [5.74, 6) is 0.00572. The highest BCUT2D eigenvalue weighted by atomic mass is 16.5.